The average molecular weight is 451 g/mol. The molecule has 7 heteroatoms. The molecule has 1 aliphatic heterocycles. The number of nitrogens with zero attached hydrogens (tertiary/aromatic N) is 1. The van der Waals surface area contributed by atoms with E-state index in [1.165, 1.54) is 4.90 Å². The zero-order chi connectivity index (χ0) is 24.0. The van der Waals surface area contributed by atoms with Crippen LogP contribution >= 0.6 is 0 Å². The van der Waals surface area contributed by atoms with Crippen molar-refractivity contribution in [2.45, 2.75) is 13.0 Å². The van der Waals surface area contributed by atoms with Crippen molar-refractivity contribution in [3.8, 4) is 11.5 Å². The minimum absolute atomic E-state index is 0.0299. The lowest BCUT2D eigenvalue weighted by Crippen LogP contribution is -3.06. The highest BCUT2D eigenvalue weighted by Gasteiger charge is 2.44. The third kappa shape index (κ3) is 5.43. The molecule has 1 saturated heterocycles. The van der Waals surface area contributed by atoms with Crippen LogP contribution in [0.25, 0.3) is 5.76 Å². The molecule has 1 unspecified atom stereocenters. The molecule has 0 aliphatic carbocycles. The van der Waals surface area contributed by atoms with Crippen LogP contribution in [0.2, 0.25) is 0 Å². The smallest absolute Gasteiger partial charge is 0.295 e. The molecule has 1 atom stereocenters. The zero-order valence-corrected chi connectivity index (χ0v) is 19.3. The molecule has 1 amide bonds. The second kappa shape index (κ2) is 10.8. The molecule has 2 aromatic rings. The number of nitrogens with one attached hydrogen (secondary N) is 1. The Bertz CT molecular complexity index is 1030. The van der Waals surface area contributed by atoms with E-state index in [0.717, 1.165) is 4.90 Å². The minimum Gasteiger partial charge on any atom is -0.872 e. The van der Waals surface area contributed by atoms with Crippen LogP contribution in [0.1, 0.15) is 24.1 Å². The number of rotatable bonds is 10. The number of hydrogen-bond acceptors (Lipinski definition) is 5. The first-order chi connectivity index (χ1) is 15.9. The molecule has 0 bridgehead atoms. The van der Waals surface area contributed by atoms with Crippen LogP contribution in [0, 0.1) is 0 Å². The summed E-state index contributed by atoms with van der Waals surface area (Å²) in [5.41, 5.74) is 0.992. The van der Waals surface area contributed by atoms with E-state index in [1.54, 1.807) is 54.6 Å². The van der Waals surface area contributed by atoms with E-state index in [4.69, 9.17) is 9.47 Å². The molecule has 0 aromatic heterocycles. The van der Waals surface area contributed by atoms with Gasteiger partial charge in [0.2, 0.25) is 5.78 Å². The van der Waals surface area contributed by atoms with Crippen LogP contribution in [-0.4, -0.2) is 57.0 Å². The number of ether oxygens (including phenoxy) is 2. The summed E-state index contributed by atoms with van der Waals surface area (Å²) in [5, 5.41) is 13.4. The summed E-state index contributed by atoms with van der Waals surface area (Å²) < 4.78 is 11.0. The molecule has 0 radical (unpaired) electrons. The molecule has 1 aliphatic rings. The number of ketones is 1. The van der Waals surface area contributed by atoms with Gasteiger partial charge in [0.1, 0.15) is 18.1 Å². The van der Waals surface area contributed by atoms with Crippen LogP contribution in [0.4, 0.5) is 0 Å². The fourth-order valence-electron chi connectivity index (χ4n) is 3.72. The monoisotopic (exact) mass is 450 g/mol. The number of carbonyl (C=O) groups is 2. The minimum atomic E-state index is -0.753. The number of quaternary nitrogens is 1. The van der Waals surface area contributed by atoms with Gasteiger partial charge in [-0.2, -0.15) is 0 Å². The Labute approximate surface area is 194 Å². The van der Waals surface area contributed by atoms with Crippen molar-refractivity contribution in [2.24, 2.45) is 0 Å². The highest BCUT2D eigenvalue weighted by Crippen LogP contribution is 2.39. The van der Waals surface area contributed by atoms with Gasteiger partial charge in [-0.05, 0) is 42.3 Å². The van der Waals surface area contributed by atoms with E-state index >= 15 is 0 Å². The largest absolute Gasteiger partial charge is 0.872 e. The van der Waals surface area contributed by atoms with Gasteiger partial charge in [0.05, 0.1) is 39.8 Å². The van der Waals surface area contributed by atoms with Crippen LogP contribution in [0.5, 0.6) is 11.5 Å². The number of likely N-dealkylation sites (tertiary alicyclic amines) is 1. The van der Waals surface area contributed by atoms with Gasteiger partial charge in [-0.25, -0.2) is 0 Å². The summed E-state index contributed by atoms with van der Waals surface area (Å²) in [5.74, 6) is -0.580. The molecular formula is C26H30N2O5. The van der Waals surface area contributed by atoms with Crippen LogP contribution in [0.15, 0.2) is 66.8 Å². The summed E-state index contributed by atoms with van der Waals surface area (Å²) in [6.07, 6.45) is 1.65. The zero-order valence-electron chi connectivity index (χ0n) is 19.3. The SMILES string of the molecule is C=CCOc1ccc(C2/C(=C(\[O-])c3ccc(OCC)cc3)C(=O)C(=O)N2CC[NH+](C)C)cc1. The summed E-state index contributed by atoms with van der Waals surface area (Å²) in [7, 11) is 3.94. The lowest BCUT2D eigenvalue weighted by atomic mass is 9.95. The number of hydrogen-bond donors (Lipinski definition) is 1. The molecule has 0 spiro atoms. The van der Waals surface area contributed by atoms with Crippen molar-refractivity contribution in [2.75, 3.05) is 40.4 Å². The van der Waals surface area contributed by atoms with E-state index in [1.807, 2.05) is 21.0 Å². The molecule has 1 fully saturated rings. The molecule has 174 valence electrons. The first-order valence-electron chi connectivity index (χ1n) is 11.0. The van der Waals surface area contributed by atoms with Gasteiger partial charge >= 0.3 is 0 Å². The lowest BCUT2D eigenvalue weighted by molar-refractivity contribution is -0.857. The lowest BCUT2D eigenvalue weighted by Gasteiger charge is -2.28. The third-order valence-corrected chi connectivity index (χ3v) is 5.37. The molecule has 1 heterocycles. The molecule has 0 saturated carbocycles. The predicted octanol–water partition coefficient (Wildman–Crippen LogP) is 1.02. The van der Waals surface area contributed by atoms with E-state index in [9.17, 15) is 14.7 Å². The van der Waals surface area contributed by atoms with Gasteiger partial charge in [-0.1, -0.05) is 42.7 Å². The molecule has 33 heavy (non-hydrogen) atoms. The van der Waals surface area contributed by atoms with E-state index in [-0.39, 0.29) is 5.57 Å². The van der Waals surface area contributed by atoms with Crippen LogP contribution < -0.4 is 19.5 Å². The van der Waals surface area contributed by atoms with Crippen molar-refractivity contribution >= 4 is 17.4 Å². The topological polar surface area (TPSA) is 83.3 Å². The van der Waals surface area contributed by atoms with Crippen molar-refractivity contribution in [3.63, 3.8) is 0 Å². The van der Waals surface area contributed by atoms with Gasteiger partial charge in [0.25, 0.3) is 5.91 Å². The second-order valence-corrected chi connectivity index (χ2v) is 8.06. The van der Waals surface area contributed by atoms with E-state index < -0.39 is 23.5 Å². The van der Waals surface area contributed by atoms with Crippen LogP contribution in [0.3, 0.4) is 0 Å². The van der Waals surface area contributed by atoms with Gasteiger partial charge in [0.15, 0.2) is 0 Å². The summed E-state index contributed by atoms with van der Waals surface area (Å²) in [6, 6.07) is 13.0. The van der Waals surface area contributed by atoms with Crippen LogP contribution in [-0.2, 0) is 9.59 Å². The Balaban J connectivity index is 2.05. The van der Waals surface area contributed by atoms with Gasteiger partial charge < -0.3 is 24.4 Å². The first kappa shape index (κ1) is 24.1. The summed E-state index contributed by atoms with van der Waals surface area (Å²) >= 11 is 0. The molecule has 2 aromatic carbocycles. The highest BCUT2D eigenvalue weighted by molar-refractivity contribution is 6.46. The Hall–Kier alpha value is -3.58. The number of benzene rings is 2. The molecule has 7 nitrogen and oxygen atoms in total. The maximum Gasteiger partial charge on any atom is 0.295 e. The van der Waals surface area contributed by atoms with Crippen molar-refractivity contribution < 1.29 is 29.1 Å². The van der Waals surface area contributed by atoms with Gasteiger partial charge in [0, 0.05) is 5.57 Å². The molecular weight excluding hydrogens is 420 g/mol. The summed E-state index contributed by atoms with van der Waals surface area (Å²) in [4.78, 5) is 28.6. The Morgan fingerprint density at radius 1 is 1.06 bits per heavy atom. The predicted molar refractivity (Wildman–Crippen MR) is 124 cm³/mol. The normalized spacial score (nSPS) is 17.5. The third-order valence-electron chi connectivity index (χ3n) is 5.37. The van der Waals surface area contributed by atoms with Crippen molar-refractivity contribution in [1.29, 1.82) is 0 Å². The maximum absolute atomic E-state index is 13.4. The number of likely N-dealkylation sites (N-methyl/N-ethyl adjacent to an activating group) is 1. The highest BCUT2D eigenvalue weighted by atomic mass is 16.5. The van der Waals surface area contributed by atoms with Crippen molar-refractivity contribution in [3.05, 3.63) is 77.9 Å². The Morgan fingerprint density at radius 2 is 1.67 bits per heavy atom. The average Bonchev–Trinajstić information content (AvgIpc) is 3.06. The van der Waals surface area contributed by atoms with E-state index in [2.05, 4.69) is 6.58 Å². The summed E-state index contributed by atoms with van der Waals surface area (Å²) in [6.45, 7) is 7.38. The Morgan fingerprint density at radius 3 is 2.24 bits per heavy atom. The van der Waals surface area contributed by atoms with Crippen molar-refractivity contribution in [1.82, 2.24) is 4.90 Å². The first-order valence-corrected chi connectivity index (χ1v) is 11.0. The number of carbonyl (C=O) groups excluding carboxylic acids is 2. The molecule has 1 N–H and O–H groups in total. The quantitative estimate of drug-likeness (QED) is 0.253. The van der Waals surface area contributed by atoms with Gasteiger partial charge in [-0.3, -0.25) is 9.59 Å². The second-order valence-electron chi connectivity index (χ2n) is 8.06. The number of amides is 1. The van der Waals surface area contributed by atoms with Gasteiger partial charge in [-0.15, -0.1) is 0 Å². The fraction of sp³-hybridized carbons (Fsp3) is 0.308. The fourth-order valence-corrected chi connectivity index (χ4v) is 3.72. The molecule has 3 rings (SSSR count). The van der Waals surface area contributed by atoms with E-state index in [0.29, 0.717) is 48.9 Å². The Kier molecular flexibility index (Phi) is 7.90. The maximum atomic E-state index is 13.4. The number of Topliss-reactive ketones (excluding diaryl/α,β-unsaturated/α-hetero) is 1. The standard InChI is InChI=1S/C26H30N2O5/c1-5-17-33-21-11-7-18(8-12-21)23-22(25(30)26(31)28(23)16-15-27(3)4)24(29)19-9-13-20(14-10-19)32-6-2/h5,7-14,23,29H,1,6,15-17H2,2-4H3/b24-22+.